The molecule has 1 aromatic rings. The van der Waals surface area contributed by atoms with Crippen LogP contribution in [0.3, 0.4) is 0 Å². The molecule has 0 saturated carbocycles. The Morgan fingerprint density at radius 1 is 1.44 bits per heavy atom. The molecule has 0 aliphatic heterocycles. The van der Waals surface area contributed by atoms with Crippen LogP contribution in [0.5, 0.6) is 0 Å². The summed E-state index contributed by atoms with van der Waals surface area (Å²) in [6.45, 7) is 3.94. The fourth-order valence-electron chi connectivity index (χ4n) is 1.76. The maximum absolute atomic E-state index is 11.6. The van der Waals surface area contributed by atoms with E-state index in [1.807, 2.05) is 13.8 Å². The summed E-state index contributed by atoms with van der Waals surface area (Å²) in [5, 5.41) is 11.3. The van der Waals surface area contributed by atoms with Crippen LogP contribution in [0.25, 0.3) is 0 Å². The summed E-state index contributed by atoms with van der Waals surface area (Å²) < 4.78 is 0. The topological polar surface area (TPSA) is 60.2 Å². The number of nitrogens with zero attached hydrogens (tertiary/aromatic N) is 1. The smallest absolute Gasteiger partial charge is 0.272 e. The first kappa shape index (κ1) is 14.6. The van der Waals surface area contributed by atoms with E-state index in [1.165, 1.54) is 12.1 Å². The van der Waals surface area contributed by atoms with Crippen molar-refractivity contribution < 1.29 is 9.72 Å². The second-order valence-corrected chi connectivity index (χ2v) is 5.10. The zero-order valence-corrected chi connectivity index (χ0v) is 11.2. The highest BCUT2D eigenvalue weighted by atomic mass is 35.5. The Morgan fingerprint density at radius 2 is 2.11 bits per heavy atom. The number of halogens is 1. The maximum atomic E-state index is 11.6. The van der Waals surface area contributed by atoms with Gasteiger partial charge in [0.1, 0.15) is 5.78 Å². The number of nitro groups is 1. The highest BCUT2D eigenvalue weighted by molar-refractivity contribution is 6.30. The Balaban J connectivity index is 2.74. The fourth-order valence-corrected chi connectivity index (χ4v) is 1.96. The van der Waals surface area contributed by atoms with Crippen molar-refractivity contribution in [2.75, 3.05) is 0 Å². The number of nitro benzene ring substituents is 1. The summed E-state index contributed by atoms with van der Waals surface area (Å²) in [6, 6.07) is 4.42. The summed E-state index contributed by atoms with van der Waals surface area (Å²) >= 11 is 5.81. The Kier molecular flexibility index (Phi) is 5.28. The van der Waals surface area contributed by atoms with E-state index in [1.54, 1.807) is 6.07 Å². The number of ketones is 1. The largest absolute Gasteiger partial charge is 0.300 e. The van der Waals surface area contributed by atoms with Crippen molar-refractivity contribution in [2.45, 2.75) is 33.1 Å². The van der Waals surface area contributed by atoms with Crippen molar-refractivity contribution in [3.8, 4) is 0 Å². The monoisotopic (exact) mass is 269 g/mol. The van der Waals surface area contributed by atoms with Crippen molar-refractivity contribution in [3.05, 3.63) is 38.9 Å². The number of aryl methyl sites for hydroxylation is 1. The minimum absolute atomic E-state index is 0.0248. The number of benzene rings is 1. The number of hydrogen-bond donors (Lipinski definition) is 0. The molecule has 0 fully saturated rings. The second-order valence-electron chi connectivity index (χ2n) is 4.67. The van der Waals surface area contributed by atoms with Crippen LogP contribution in [0.2, 0.25) is 5.02 Å². The molecule has 0 aliphatic rings. The van der Waals surface area contributed by atoms with E-state index >= 15 is 0 Å². The number of hydrogen-bond acceptors (Lipinski definition) is 3. The molecule has 98 valence electrons. The normalized spacial score (nSPS) is 10.7. The van der Waals surface area contributed by atoms with Gasteiger partial charge in [0.25, 0.3) is 5.69 Å². The molecule has 4 nitrogen and oxygen atoms in total. The van der Waals surface area contributed by atoms with Gasteiger partial charge in [-0.15, -0.1) is 0 Å². The summed E-state index contributed by atoms with van der Waals surface area (Å²) in [7, 11) is 0. The van der Waals surface area contributed by atoms with E-state index in [4.69, 9.17) is 11.6 Å². The van der Waals surface area contributed by atoms with Gasteiger partial charge in [0.15, 0.2) is 0 Å². The van der Waals surface area contributed by atoms with Gasteiger partial charge >= 0.3 is 0 Å². The van der Waals surface area contributed by atoms with Gasteiger partial charge in [-0.3, -0.25) is 14.9 Å². The minimum atomic E-state index is -0.446. The number of carbonyl (C=O) groups excluding carboxylic acids is 1. The minimum Gasteiger partial charge on any atom is -0.300 e. The van der Waals surface area contributed by atoms with Crippen molar-refractivity contribution in [2.24, 2.45) is 5.92 Å². The van der Waals surface area contributed by atoms with E-state index in [9.17, 15) is 14.9 Å². The average molecular weight is 270 g/mol. The predicted octanol–water partition coefficient (Wildman–Crippen LogP) is 3.80. The second kappa shape index (κ2) is 6.50. The lowest BCUT2D eigenvalue weighted by Gasteiger charge is -2.05. The lowest BCUT2D eigenvalue weighted by atomic mass is 10.0. The Hall–Kier alpha value is -1.42. The average Bonchev–Trinajstić information content (AvgIpc) is 2.25. The van der Waals surface area contributed by atoms with Gasteiger partial charge in [-0.25, -0.2) is 0 Å². The highest BCUT2D eigenvalue weighted by Gasteiger charge is 2.15. The molecule has 0 aliphatic carbocycles. The van der Waals surface area contributed by atoms with Crippen LogP contribution < -0.4 is 0 Å². The first-order valence-electron chi connectivity index (χ1n) is 5.84. The molecular weight excluding hydrogens is 254 g/mol. The van der Waals surface area contributed by atoms with Gasteiger partial charge in [-0.1, -0.05) is 25.4 Å². The third-order valence-corrected chi connectivity index (χ3v) is 2.78. The summed E-state index contributed by atoms with van der Waals surface area (Å²) in [4.78, 5) is 22.0. The molecule has 0 heterocycles. The van der Waals surface area contributed by atoms with Gasteiger partial charge < -0.3 is 0 Å². The predicted molar refractivity (Wildman–Crippen MR) is 70.9 cm³/mol. The Labute approximate surface area is 111 Å². The third-order valence-electron chi connectivity index (χ3n) is 2.55. The van der Waals surface area contributed by atoms with Gasteiger partial charge in [0, 0.05) is 29.5 Å². The molecule has 0 N–H and O–H groups in total. The van der Waals surface area contributed by atoms with E-state index < -0.39 is 4.92 Å². The zero-order valence-electron chi connectivity index (χ0n) is 10.5. The van der Waals surface area contributed by atoms with Gasteiger partial charge in [0.2, 0.25) is 0 Å². The van der Waals surface area contributed by atoms with Gasteiger partial charge in [0.05, 0.1) is 4.92 Å². The maximum Gasteiger partial charge on any atom is 0.272 e. The van der Waals surface area contributed by atoms with Crippen LogP contribution in [0.1, 0.15) is 32.3 Å². The van der Waals surface area contributed by atoms with E-state index in [0.29, 0.717) is 35.8 Å². The Morgan fingerprint density at radius 3 is 2.67 bits per heavy atom. The molecule has 0 atom stereocenters. The lowest BCUT2D eigenvalue weighted by molar-refractivity contribution is -0.385. The van der Waals surface area contributed by atoms with Crippen LogP contribution in [0.15, 0.2) is 18.2 Å². The molecule has 0 aromatic heterocycles. The van der Waals surface area contributed by atoms with Gasteiger partial charge in [-0.05, 0) is 24.5 Å². The summed E-state index contributed by atoms with van der Waals surface area (Å²) in [5.74, 6) is 0.436. The van der Waals surface area contributed by atoms with Crippen molar-refractivity contribution in [3.63, 3.8) is 0 Å². The SMILES string of the molecule is CC(C)CC(=O)CCc1cc(Cl)ccc1[N+](=O)[O-]. The first-order valence-corrected chi connectivity index (χ1v) is 6.22. The van der Waals surface area contributed by atoms with Crippen LogP contribution >= 0.6 is 11.6 Å². The molecule has 0 bridgehead atoms. The van der Waals surface area contributed by atoms with Crippen molar-refractivity contribution in [1.82, 2.24) is 0 Å². The molecule has 1 rings (SSSR count). The summed E-state index contributed by atoms with van der Waals surface area (Å²) in [5.41, 5.74) is 0.543. The lowest BCUT2D eigenvalue weighted by Crippen LogP contribution is -2.05. The van der Waals surface area contributed by atoms with Gasteiger partial charge in [-0.2, -0.15) is 0 Å². The molecule has 0 saturated heterocycles. The standard InChI is InChI=1S/C13H16ClNO3/c1-9(2)7-12(16)5-3-10-8-11(14)4-6-13(10)15(17)18/h4,6,8-9H,3,5,7H2,1-2H3. The van der Waals surface area contributed by atoms with Crippen LogP contribution in [0.4, 0.5) is 5.69 Å². The number of carbonyl (C=O) groups is 1. The van der Waals surface area contributed by atoms with Crippen LogP contribution in [-0.2, 0) is 11.2 Å². The van der Waals surface area contributed by atoms with E-state index in [-0.39, 0.29) is 11.5 Å². The van der Waals surface area contributed by atoms with E-state index in [2.05, 4.69) is 0 Å². The first-order chi connectivity index (χ1) is 8.40. The molecule has 1 aromatic carbocycles. The molecule has 0 radical (unpaired) electrons. The molecule has 18 heavy (non-hydrogen) atoms. The number of Topliss-reactive ketones (excluding diaryl/α,β-unsaturated/α-hetero) is 1. The van der Waals surface area contributed by atoms with E-state index in [0.717, 1.165) is 0 Å². The molecule has 5 heteroatoms. The van der Waals surface area contributed by atoms with Crippen LogP contribution in [0, 0.1) is 16.0 Å². The van der Waals surface area contributed by atoms with Crippen LogP contribution in [-0.4, -0.2) is 10.7 Å². The molecule has 0 spiro atoms. The van der Waals surface area contributed by atoms with Crippen molar-refractivity contribution >= 4 is 23.1 Å². The molecular formula is C13H16ClNO3. The zero-order chi connectivity index (χ0) is 13.7. The fraction of sp³-hybridized carbons (Fsp3) is 0.462. The summed E-state index contributed by atoms with van der Waals surface area (Å²) in [6.07, 6.45) is 1.19. The quantitative estimate of drug-likeness (QED) is 0.583. The molecule has 0 amide bonds. The number of rotatable bonds is 6. The third kappa shape index (κ3) is 4.45. The Bertz CT molecular complexity index is 458. The molecule has 0 unspecified atom stereocenters. The van der Waals surface area contributed by atoms with Crippen molar-refractivity contribution in [1.29, 1.82) is 0 Å². The highest BCUT2D eigenvalue weighted by Crippen LogP contribution is 2.24.